The van der Waals surface area contributed by atoms with E-state index in [4.69, 9.17) is 40.1 Å². The summed E-state index contributed by atoms with van der Waals surface area (Å²) in [7, 11) is 1.50. The van der Waals surface area contributed by atoms with Crippen LogP contribution in [-0.4, -0.2) is 64.7 Å². The molecule has 12 nitrogen and oxygen atoms in total. The van der Waals surface area contributed by atoms with Gasteiger partial charge in [0.2, 0.25) is 0 Å². The molecule has 0 aliphatic carbocycles. The molecular formula is C40H92N10O2. The maximum Gasteiger partial charge on any atom is 0.323 e. The molecule has 12 heteroatoms. The van der Waals surface area contributed by atoms with Crippen LogP contribution in [0.3, 0.4) is 0 Å². The molecule has 0 saturated carbocycles. The number of anilines is 2. The molecule has 0 aliphatic rings. The molecular weight excluding hydrogens is 653 g/mol. The predicted octanol–water partition coefficient (Wildman–Crippen LogP) is 6.71. The van der Waals surface area contributed by atoms with Crippen LogP contribution >= 0.6 is 0 Å². The number of Topliss-reactive ketones (excluding diaryl/α,β-unsaturated/α-hetero) is 1. The Hall–Kier alpha value is -2.94. The fourth-order valence-electron chi connectivity index (χ4n) is 2.30. The Morgan fingerprint density at radius 1 is 0.519 bits per heavy atom. The van der Waals surface area contributed by atoms with Gasteiger partial charge >= 0.3 is 6.03 Å². The number of rotatable bonds is 6. The normalized spacial score (nSPS) is 7.73. The van der Waals surface area contributed by atoms with Gasteiger partial charge in [0.25, 0.3) is 0 Å². The van der Waals surface area contributed by atoms with Gasteiger partial charge in [0.1, 0.15) is 5.78 Å². The van der Waals surface area contributed by atoms with Crippen LogP contribution in [0.4, 0.5) is 16.2 Å². The van der Waals surface area contributed by atoms with E-state index in [1.165, 1.54) is 19.9 Å². The average molecular weight is 745 g/mol. The molecule has 314 valence electrons. The molecule has 2 rings (SSSR count). The average Bonchev–Trinajstić information content (AvgIpc) is 3.08. The molecule has 0 fully saturated rings. The zero-order valence-electron chi connectivity index (χ0n) is 36.5. The number of ketones is 1. The molecule has 2 aromatic rings. The van der Waals surface area contributed by atoms with Crippen LogP contribution in [0.1, 0.15) is 120 Å². The molecule has 0 saturated heterocycles. The van der Waals surface area contributed by atoms with E-state index in [0.29, 0.717) is 18.5 Å². The monoisotopic (exact) mass is 745 g/mol. The smallest absolute Gasteiger partial charge is 0.323 e. The first-order valence-corrected chi connectivity index (χ1v) is 19.0. The molecule has 2 amide bonds. The van der Waals surface area contributed by atoms with Gasteiger partial charge in [0, 0.05) is 24.2 Å². The summed E-state index contributed by atoms with van der Waals surface area (Å²) >= 11 is 0. The third kappa shape index (κ3) is 91.3. The first-order valence-electron chi connectivity index (χ1n) is 19.0. The molecule has 0 aliphatic heterocycles. The Morgan fingerprint density at radius 3 is 1.12 bits per heavy atom. The van der Waals surface area contributed by atoms with Crippen molar-refractivity contribution in [3.8, 4) is 0 Å². The predicted molar refractivity (Wildman–Crippen MR) is 239 cm³/mol. The molecule has 0 aromatic heterocycles. The largest absolute Gasteiger partial charge is 0.333 e. The van der Waals surface area contributed by atoms with Crippen molar-refractivity contribution in [1.82, 2.24) is 0 Å². The lowest BCUT2D eigenvalue weighted by atomic mass is 10.1. The summed E-state index contributed by atoms with van der Waals surface area (Å²) in [4.78, 5) is 23.6. The van der Waals surface area contributed by atoms with Gasteiger partial charge in [0.15, 0.2) is 0 Å². The fourth-order valence-corrected chi connectivity index (χ4v) is 2.30. The van der Waals surface area contributed by atoms with Crippen molar-refractivity contribution >= 4 is 23.2 Å². The lowest BCUT2D eigenvalue weighted by molar-refractivity contribution is -0.118. The van der Waals surface area contributed by atoms with Crippen molar-refractivity contribution in [2.24, 2.45) is 45.9 Å². The zero-order valence-corrected chi connectivity index (χ0v) is 36.5. The highest BCUT2D eigenvalue weighted by Crippen LogP contribution is 2.15. The Kier molecular flexibility index (Phi) is 105. The van der Waals surface area contributed by atoms with Crippen LogP contribution in [0.15, 0.2) is 48.5 Å². The van der Waals surface area contributed by atoms with Gasteiger partial charge in [-0.25, -0.2) is 4.79 Å². The van der Waals surface area contributed by atoms with Gasteiger partial charge in [-0.1, -0.05) is 126 Å². The second-order valence-electron chi connectivity index (χ2n) is 9.83. The number of aryl methyl sites for hydroxylation is 1. The molecule has 0 heterocycles. The lowest BCUT2D eigenvalue weighted by Gasteiger charge is -2.10. The van der Waals surface area contributed by atoms with Gasteiger partial charge in [-0.15, -0.1) is 0 Å². The highest BCUT2D eigenvalue weighted by atomic mass is 16.2. The maximum absolute atomic E-state index is 12.0. The number of nitrogens with one attached hydrogen (secondary N) is 2. The molecule has 0 radical (unpaired) electrons. The highest BCUT2D eigenvalue weighted by Gasteiger charge is 2.06. The van der Waals surface area contributed by atoms with E-state index in [1.807, 2.05) is 111 Å². The Balaban J connectivity index is -0.0000000746. The van der Waals surface area contributed by atoms with Crippen molar-refractivity contribution in [3.63, 3.8) is 0 Å². The molecule has 18 N–H and O–H groups in total. The minimum absolute atomic E-state index is 0.241. The number of urea groups is 1. The quantitative estimate of drug-likeness (QED) is 0.149. The van der Waals surface area contributed by atoms with E-state index in [1.54, 1.807) is 0 Å². The third-order valence-electron chi connectivity index (χ3n) is 3.54. The van der Waals surface area contributed by atoms with Crippen LogP contribution in [0, 0.1) is 6.92 Å². The van der Waals surface area contributed by atoms with Crippen LogP contribution in [0.2, 0.25) is 0 Å². The second kappa shape index (κ2) is 77.5. The summed E-state index contributed by atoms with van der Waals surface area (Å²) in [5.41, 5.74) is 41.9. The topological polar surface area (TPSA) is 266 Å². The SMILES string of the molecule is CCC.CCC.CCCC(=O)Cc1ccc(NC(=O)Nc2ccccc2C)cc1.CCN.CCN.CCN.CCN.CCN.CCN.CCN.CN. The number of carbonyl (C=O) groups excluding carboxylic acids is 2. The minimum atomic E-state index is -0.283. The summed E-state index contributed by atoms with van der Waals surface area (Å²) in [6.45, 7) is 31.0. The summed E-state index contributed by atoms with van der Waals surface area (Å²) < 4.78 is 0. The standard InChI is InChI=1S/C19H22N2O2.2C3H8.7C2H7N.CH5N/c1-3-6-17(22)13-15-9-11-16(12-10-15)20-19(23)21-18-8-5-4-7-14(18)2;2*1-3-2;7*1-2-3;1-2/h4-5,7-12H,3,6,13H2,1-2H3,(H2,20,21,23);2*3H2,1-2H3;7*2-3H2,1H3;2H2,1H3. The Morgan fingerprint density at radius 2 is 0.827 bits per heavy atom. The zero-order chi connectivity index (χ0) is 43.0. The molecule has 52 heavy (non-hydrogen) atoms. The molecule has 0 bridgehead atoms. The third-order valence-corrected chi connectivity index (χ3v) is 3.54. The van der Waals surface area contributed by atoms with Gasteiger partial charge in [-0.3, -0.25) is 4.79 Å². The number of nitrogens with two attached hydrogens (primary N) is 8. The van der Waals surface area contributed by atoms with Gasteiger partial charge in [0.05, 0.1) is 0 Å². The fraction of sp³-hybridized carbons (Fsp3) is 0.650. The van der Waals surface area contributed by atoms with E-state index in [2.05, 4.69) is 44.1 Å². The first-order chi connectivity index (χ1) is 24.8. The van der Waals surface area contributed by atoms with E-state index >= 15 is 0 Å². The number of benzene rings is 2. The second-order valence-corrected chi connectivity index (χ2v) is 9.83. The van der Waals surface area contributed by atoms with E-state index in [-0.39, 0.29) is 11.8 Å². The van der Waals surface area contributed by atoms with Gasteiger partial charge < -0.3 is 56.5 Å². The van der Waals surface area contributed by atoms with Crippen molar-refractivity contribution in [2.45, 2.75) is 122 Å². The van der Waals surface area contributed by atoms with Crippen LogP contribution in [0.5, 0.6) is 0 Å². The van der Waals surface area contributed by atoms with Crippen LogP contribution in [0.25, 0.3) is 0 Å². The first kappa shape index (κ1) is 70.6. The van der Waals surface area contributed by atoms with Crippen molar-refractivity contribution in [3.05, 3.63) is 59.7 Å². The Bertz CT molecular complexity index is 813. The van der Waals surface area contributed by atoms with Gasteiger partial charge in [-0.2, -0.15) is 0 Å². The summed E-state index contributed by atoms with van der Waals surface area (Å²) in [6.07, 6.45) is 4.43. The van der Waals surface area contributed by atoms with Gasteiger partial charge in [-0.05, 0) is 95.5 Å². The lowest BCUT2D eigenvalue weighted by Crippen LogP contribution is -2.19. The van der Waals surface area contributed by atoms with Crippen molar-refractivity contribution < 1.29 is 9.59 Å². The molecule has 0 atom stereocenters. The summed E-state index contributed by atoms with van der Waals surface area (Å²) in [6, 6.07) is 14.7. The van der Waals surface area contributed by atoms with E-state index in [9.17, 15) is 9.59 Å². The number of para-hydroxylation sites is 1. The highest BCUT2D eigenvalue weighted by molar-refractivity contribution is 6.00. The number of amides is 2. The summed E-state index contributed by atoms with van der Waals surface area (Å²) in [5.74, 6) is 0.241. The molecule has 2 aromatic carbocycles. The number of hydrogen-bond acceptors (Lipinski definition) is 10. The van der Waals surface area contributed by atoms with Crippen molar-refractivity contribution in [1.29, 1.82) is 0 Å². The van der Waals surface area contributed by atoms with E-state index < -0.39 is 0 Å². The number of carbonyl (C=O) groups is 2. The summed E-state index contributed by atoms with van der Waals surface area (Å²) in [5, 5.41) is 5.61. The van der Waals surface area contributed by atoms with Crippen molar-refractivity contribution in [2.75, 3.05) is 63.5 Å². The molecule has 0 spiro atoms. The van der Waals surface area contributed by atoms with E-state index in [0.717, 1.165) is 69.0 Å². The Labute approximate surface area is 323 Å². The van der Waals surface area contributed by atoms with Crippen LogP contribution in [-0.2, 0) is 11.2 Å². The minimum Gasteiger partial charge on any atom is -0.333 e. The maximum atomic E-state index is 12.0. The molecule has 0 unspecified atom stereocenters. The number of hydrogen-bond donors (Lipinski definition) is 10. The van der Waals surface area contributed by atoms with Crippen LogP contribution < -0.4 is 56.5 Å².